The third-order valence-corrected chi connectivity index (χ3v) is 5.73. The maximum atomic E-state index is 12.3. The molecule has 3 aromatic rings. The highest BCUT2D eigenvalue weighted by molar-refractivity contribution is 8.00. The first-order valence-corrected chi connectivity index (χ1v) is 9.47. The Hall–Kier alpha value is -2.27. The van der Waals surface area contributed by atoms with Gasteiger partial charge in [0.15, 0.2) is 0 Å². The maximum absolute atomic E-state index is 12.3. The molecule has 0 spiro atoms. The van der Waals surface area contributed by atoms with Crippen molar-refractivity contribution >= 4 is 34.3 Å². The fraction of sp³-hybridized carbons (Fsp3) is 0.300. The zero-order chi connectivity index (χ0) is 17.6. The molecule has 1 aromatic heterocycles. The molecule has 5 heteroatoms. The number of thioether (sulfide) groups is 1. The molecule has 1 N–H and O–H groups in total. The number of fused-ring (bicyclic) bond motifs is 2. The smallest absolute Gasteiger partial charge is 0.235 e. The number of aromatic nitrogens is 2. The number of nitrogens with one attached hydrogen (secondary N) is 1. The van der Waals surface area contributed by atoms with E-state index >= 15 is 0 Å². The van der Waals surface area contributed by atoms with Crippen LogP contribution in [-0.2, 0) is 10.3 Å². The Morgan fingerprint density at radius 1 is 1.12 bits per heavy atom. The van der Waals surface area contributed by atoms with Crippen LogP contribution >= 0.6 is 11.8 Å². The highest BCUT2D eigenvalue weighted by atomic mass is 32.2. The molecule has 4 rings (SSSR count). The Balaban J connectivity index is 1.92. The summed E-state index contributed by atoms with van der Waals surface area (Å²) in [6.07, 6.45) is 1.91. The molecule has 0 aliphatic carbocycles. The molecule has 0 fully saturated rings. The highest BCUT2D eigenvalue weighted by Crippen LogP contribution is 2.44. The standard InChI is InChI=1S/C20H21N3OS/c1-20(2,3)23-19-16(11-21-23)18(25-12-17(24)22-19)15-10-6-8-13-7-4-5-9-14(13)15/h4-11,18H,12H2,1-3H3,(H,22,24). The fourth-order valence-corrected chi connectivity index (χ4v) is 4.47. The van der Waals surface area contributed by atoms with Gasteiger partial charge in [-0.05, 0) is 37.1 Å². The number of hydrogen-bond donors (Lipinski definition) is 1. The molecule has 1 aliphatic rings. The van der Waals surface area contributed by atoms with Crippen molar-refractivity contribution in [3.8, 4) is 0 Å². The van der Waals surface area contributed by atoms with Crippen molar-refractivity contribution in [1.29, 1.82) is 0 Å². The van der Waals surface area contributed by atoms with Gasteiger partial charge >= 0.3 is 0 Å². The van der Waals surface area contributed by atoms with Crippen molar-refractivity contribution in [2.24, 2.45) is 0 Å². The van der Waals surface area contributed by atoms with Crippen LogP contribution in [0.4, 0.5) is 5.82 Å². The van der Waals surface area contributed by atoms with Gasteiger partial charge in [-0.3, -0.25) is 4.79 Å². The highest BCUT2D eigenvalue weighted by Gasteiger charge is 2.31. The maximum Gasteiger partial charge on any atom is 0.235 e. The van der Waals surface area contributed by atoms with Crippen molar-refractivity contribution in [3.05, 3.63) is 59.8 Å². The largest absolute Gasteiger partial charge is 0.310 e. The summed E-state index contributed by atoms with van der Waals surface area (Å²) in [6, 6.07) is 14.8. The molecule has 1 atom stereocenters. The molecule has 2 aromatic carbocycles. The van der Waals surface area contributed by atoms with E-state index in [-0.39, 0.29) is 16.7 Å². The number of rotatable bonds is 1. The van der Waals surface area contributed by atoms with Crippen LogP contribution in [0.3, 0.4) is 0 Å². The van der Waals surface area contributed by atoms with E-state index < -0.39 is 0 Å². The summed E-state index contributed by atoms with van der Waals surface area (Å²) < 4.78 is 1.92. The second-order valence-electron chi connectivity index (χ2n) is 7.34. The number of amides is 1. The first-order valence-electron chi connectivity index (χ1n) is 8.42. The lowest BCUT2D eigenvalue weighted by molar-refractivity contribution is -0.113. The predicted octanol–water partition coefficient (Wildman–Crippen LogP) is 4.57. The monoisotopic (exact) mass is 351 g/mol. The van der Waals surface area contributed by atoms with Gasteiger partial charge in [-0.2, -0.15) is 5.10 Å². The van der Waals surface area contributed by atoms with Gasteiger partial charge in [0.05, 0.1) is 22.7 Å². The van der Waals surface area contributed by atoms with Crippen LogP contribution in [0.2, 0.25) is 0 Å². The molecular formula is C20H21N3OS. The summed E-state index contributed by atoms with van der Waals surface area (Å²) in [6.45, 7) is 6.28. The molecule has 0 radical (unpaired) electrons. The third-order valence-electron chi connectivity index (χ3n) is 4.46. The zero-order valence-electron chi connectivity index (χ0n) is 14.6. The van der Waals surface area contributed by atoms with Crippen LogP contribution in [0.15, 0.2) is 48.7 Å². The van der Waals surface area contributed by atoms with Crippen LogP contribution in [0, 0.1) is 0 Å². The number of benzene rings is 2. The van der Waals surface area contributed by atoms with Crippen molar-refractivity contribution in [2.75, 3.05) is 11.1 Å². The Morgan fingerprint density at radius 3 is 2.68 bits per heavy atom. The van der Waals surface area contributed by atoms with Gasteiger partial charge in [-0.15, -0.1) is 11.8 Å². The molecule has 0 saturated carbocycles. The number of hydrogen-bond acceptors (Lipinski definition) is 3. The Bertz CT molecular complexity index is 950. The van der Waals surface area contributed by atoms with E-state index in [1.54, 1.807) is 11.8 Å². The van der Waals surface area contributed by atoms with Gasteiger partial charge < -0.3 is 5.32 Å². The molecule has 25 heavy (non-hydrogen) atoms. The lowest BCUT2D eigenvalue weighted by Crippen LogP contribution is -2.27. The molecule has 128 valence electrons. The second kappa shape index (κ2) is 5.92. The van der Waals surface area contributed by atoms with Gasteiger partial charge in [0, 0.05) is 5.56 Å². The second-order valence-corrected chi connectivity index (χ2v) is 8.43. The van der Waals surface area contributed by atoms with Crippen LogP contribution < -0.4 is 5.32 Å². The van der Waals surface area contributed by atoms with E-state index in [1.807, 2.05) is 10.9 Å². The third kappa shape index (κ3) is 2.82. The minimum atomic E-state index is -0.195. The Kier molecular flexibility index (Phi) is 3.84. The summed E-state index contributed by atoms with van der Waals surface area (Å²) in [7, 11) is 0. The molecular weight excluding hydrogens is 330 g/mol. The Labute approximate surface area is 151 Å². The first-order chi connectivity index (χ1) is 11.9. The van der Waals surface area contributed by atoms with Gasteiger partial charge in [0.2, 0.25) is 5.91 Å². The van der Waals surface area contributed by atoms with Crippen LogP contribution in [0.5, 0.6) is 0 Å². The van der Waals surface area contributed by atoms with Crippen LogP contribution in [0.25, 0.3) is 10.8 Å². The van der Waals surface area contributed by atoms with Gasteiger partial charge in [0.1, 0.15) is 5.82 Å². The molecule has 1 unspecified atom stereocenters. The van der Waals surface area contributed by atoms with Gasteiger partial charge in [0.25, 0.3) is 0 Å². The molecule has 1 amide bonds. The van der Waals surface area contributed by atoms with E-state index in [9.17, 15) is 4.79 Å². The lowest BCUT2D eigenvalue weighted by Gasteiger charge is -2.23. The zero-order valence-corrected chi connectivity index (χ0v) is 15.4. The van der Waals surface area contributed by atoms with E-state index in [4.69, 9.17) is 0 Å². The SMILES string of the molecule is CC(C)(C)n1ncc2c1NC(=O)CSC2c1cccc2ccccc12. The van der Waals surface area contributed by atoms with E-state index in [1.165, 1.54) is 16.3 Å². The number of carbonyl (C=O) groups excluding carboxylic acids is 1. The lowest BCUT2D eigenvalue weighted by atomic mass is 9.99. The molecule has 0 saturated heterocycles. The number of nitrogens with zero attached hydrogens (tertiary/aromatic N) is 2. The van der Waals surface area contributed by atoms with Gasteiger partial charge in [-0.1, -0.05) is 42.5 Å². The topological polar surface area (TPSA) is 46.9 Å². The molecule has 0 bridgehead atoms. The van der Waals surface area contributed by atoms with Crippen molar-refractivity contribution in [2.45, 2.75) is 31.6 Å². The number of anilines is 1. The van der Waals surface area contributed by atoms with Crippen LogP contribution in [0.1, 0.15) is 37.1 Å². The van der Waals surface area contributed by atoms with Crippen molar-refractivity contribution < 1.29 is 4.79 Å². The van der Waals surface area contributed by atoms with Gasteiger partial charge in [-0.25, -0.2) is 4.68 Å². The normalized spacial score (nSPS) is 17.9. The predicted molar refractivity (Wildman–Crippen MR) is 104 cm³/mol. The summed E-state index contributed by atoms with van der Waals surface area (Å²) >= 11 is 1.66. The van der Waals surface area contributed by atoms with E-state index in [2.05, 4.69) is 73.7 Å². The minimum absolute atomic E-state index is 0.0278. The molecule has 1 aliphatic heterocycles. The van der Waals surface area contributed by atoms with Crippen molar-refractivity contribution in [1.82, 2.24) is 9.78 Å². The Morgan fingerprint density at radius 2 is 1.88 bits per heavy atom. The summed E-state index contributed by atoms with van der Waals surface area (Å²) in [5, 5.41) is 10.2. The molecule has 2 heterocycles. The average Bonchev–Trinajstić information content (AvgIpc) is 2.92. The van der Waals surface area contributed by atoms with E-state index in [0.717, 1.165) is 11.4 Å². The van der Waals surface area contributed by atoms with Crippen molar-refractivity contribution in [3.63, 3.8) is 0 Å². The fourth-order valence-electron chi connectivity index (χ4n) is 3.34. The summed E-state index contributed by atoms with van der Waals surface area (Å²) in [5.74, 6) is 1.28. The summed E-state index contributed by atoms with van der Waals surface area (Å²) in [5.41, 5.74) is 2.11. The quantitative estimate of drug-likeness (QED) is 0.699. The summed E-state index contributed by atoms with van der Waals surface area (Å²) in [4.78, 5) is 12.3. The minimum Gasteiger partial charge on any atom is -0.310 e. The first kappa shape index (κ1) is 16.2. The average molecular weight is 351 g/mol. The van der Waals surface area contributed by atoms with E-state index in [0.29, 0.717) is 5.75 Å². The molecule has 4 nitrogen and oxygen atoms in total. The van der Waals surface area contributed by atoms with Crippen LogP contribution in [-0.4, -0.2) is 21.4 Å². The number of carbonyl (C=O) groups is 1.